The van der Waals surface area contributed by atoms with E-state index in [0.29, 0.717) is 66.1 Å². The highest BCUT2D eigenvalue weighted by Gasteiger charge is 2.34. The predicted molar refractivity (Wildman–Crippen MR) is 348 cm³/mol. The van der Waals surface area contributed by atoms with Gasteiger partial charge in [-0.05, 0) is 122 Å². The Morgan fingerprint density at radius 1 is 0.473 bits per heavy atom. The van der Waals surface area contributed by atoms with Crippen LogP contribution in [0.2, 0.25) is 0 Å². The minimum absolute atomic E-state index is 0.00333. The number of aromatic nitrogens is 23. The Morgan fingerprint density at radius 2 is 0.866 bits per heavy atom. The molecular formula is C60H39BrF16N30O5. The number of pyridine rings is 8. The van der Waals surface area contributed by atoms with Crippen LogP contribution in [-0.4, -0.2) is 135 Å². The number of halogens is 17. The first kappa shape index (κ1) is 84.4. The van der Waals surface area contributed by atoms with Gasteiger partial charge in [0.15, 0.2) is 40.8 Å². The van der Waals surface area contributed by atoms with Crippen LogP contribution in [0.15, 0.2) is 188 Å². The summed E-state index contributed by atoms with van der Waals surface area (Å²) < 4.78 is 202. The van der Waals surface area contributed by atoms with Gasteiger partial charge in [-0.3, -0.25) is 4.98 Å². The van der Waals surface area contributed by atoms with E-state index in [4.69, 9.17) is 27.2 Å². The van der Waals surface area contributed by atoms with Crippen LogP contribution in [-0.2, 0) is 43.7 Å². The molecule has 13 rings (SSSR count). The molecule has 52 heteroatoms. The number of nitrogens with one attached hydrogen (secondary N) is 1. The van der Waals surface area contributed by atoms with Crippen LogP contribution in [0.4, 0.5) is 88.1 Å². The molecule has 0 fully saturated rings. The predicted octanol–water partition coefficient (Wildman–Crippen LogP) is 10.8. The van der Waals surface area contributed by atoms with E-state index in [0.717, 1.165) is 81.9 Å². The third-order valence-corrected chi connectivity index (χ3v) is 13.3. The van der Waals surface area contributed by atoms with E-state index in [-0.39, 0.29) is 41.0 Å². The number of aromatic amines is 1. The van der Waals surface area contributed by atoms with Gasteiger partial charge in [0.05, 0.1) is 27.8 Å². The normalized spacial score (nSPS) is 11.3. The van der Waals surface area contributed by atoms with Crippen LogP contribution in [0.5, 0.6) is 0 Å². The molecule has 0 unspecified atom stereocenters. The van der Waals surface area contributed by atoms with E-state index in [2.05, 4.69) is 116 Å². The lowest BCUT2D eigenvalue weighted by Crippen LogP contribution is -2.14. The fraction of sp³-hybridized carbons (Fsp3) is 0.117. The molecular weight excluding hydrogens is 1600 g/mol. The number of nitrogen functional groups attached to an aromatic ring is 1. The summed E-state index contributed by atoms with van der Waals surface area (Å²) in [6.45, 7) is 0. The number of oxime groups is 1. The van der Waals surface area contributed by atoms with Crippen molar-refractivity contribution in [2.24, 2.45) is 10.9 Å². The summed E-state index contributed by atoms with van der Waals surface area (Å²) in [5.74, 6) is -0.403. The quantitative estimate of drug-likeness (QED) is 0.0178. The van der Waals surface area contributed by atoms with E-state index >= 15 is 0 Å². The number of hydrogen-bond donors (Lipinski definition) is 4. The molecule has 13 aromatic heterocycles. The lowest BCUT2D eigenvalue weighted by atomic mass is 10.2. The number of amidine groups is 1. The number of H-pyrrole nitrogens is 1. The van der Waals surface area contributed by atoms with Crippen molar-refractivity contribution >= 4 is 39.6 Å². The summed E-state index contributed by atoms with van der Waals surface area (Å²) in [5.41, 5.74) is 9.03. The maximum absolute atomic E-state index is 12.6. The Labute approximate surface area is 619 Å². The van der Waals surface area contributed by atoms with Crippen molar-refractivity contribution in [3.8, 4) is 35.4 Å². The number of nitrogens with zero attached hydrogens (tertiary/aromatic N) is 27. The zero-order valence-corrected chi connectivity index (χ0v) is 56.5. The molecule has 13 heterocycles. The summed E-state index contributed by atoms with van der Waals surface area (Å²) >= 11 is 3.20. The highest BCUT2D eigenvalue weighted by Crippen LogP contribution is 2.33. The molecule has 13 aromatic rings. The van der Waals surface area contributed by atoms with Gasteiger partial charge in [0, 0.05) is 72.0 Å². The maximum atomic E-state index is 12.6. The molecule has 0 saturated carbocycles. The van der Waals surface area contributed by atoms with Gasteiger partial charge in [-0.2, -0.15) is 80.8 Å². The molecule has 35 nitrogen and oxygen atoms in total. The first-order valence-electron chi connectivity index (χ1n) is 29.5. The number of nitriles is 2. The molecule has 0 atom stereocenters. The molecule has 0 aromatic carbocycles. The van der Waals surface area contributed by atoms with E-state index in [1.807, 2.05) is 12.1 Å². The Morgan fingerprint density at radius 3 is 1.16 bits per heavy atom. The molecule has 112 heavy (non-hydrogen) atoms. The Bertz CT molecular complexity index is 5290. The van der Waals surface area contributed by atoms with Crippen molar-refractivity contribution in [1.82, 2.24) is 114 Å². The number of anilines is 1. The van der Waals surface area contributed by atoms with E-state index < -0.39 is 80.4 Å². The van der Waals surface area contributed by atoms with Crippen LogP contribution in [0.3, 0.4) is 0 Å². The summed E-state index contributed by atoms with van der Waals surface area (Å²) in [7, 11) is 0. The summed E-state index contributed by atoms with van der Waals surface area (Å²) in [5, 5.41) is 69.4. The average molecular weight is 1640 g/mol. The van der Waals surface area contributed by atoms with Crippen LogP contribution >= 0.6 is 15.9 Å². The molecule has 0 aliphatic rings. The molecule has 578 valence electrons. The minimum atomic E-state index is -4.49. The number of nitro groups is 2. The van der Waals surface area contributed by atoms with Crippen LogP contribution in [0.25, 0.3) is 23.3 Å². The highest BCUT2D eigenvalue weighted by atomic mass is 79.9. The standard InChI is InChI=1S/C15H12F3N7O.C15H9F3N6.C8H4F3N5O2.C8H6F3N5.C6H3BrN2.C6H3F4N.C2H2N4O2/c16-15(17,18)10-2-4-13(21-7-10)25-8-22-12(23-25)5-9-1-3-11(20-6-9)14(19)24-26;16-15(17,18)11-2-4-14(21-8-11)24-9-22-13(23-24)5-10-1-3-12(6-19)20-7-10;9-8(10,11)5-1-2-6(12-3-5)15-4-13-7(14-15)16(17)18;9-8(10,11)5-1-2-6(13-3-5)16-4-14-7(12)15-16;7-5-1-2-6(3-8)9-4-5;7-5-2-1-4(3-11-5)6(8,9)10;7-6(8)2-3-1-4-5-2/h1-4,6-8,26H,5H2,(H2,19,24);1-4,7-9H,5H2;1-4H;1-4H,(H2,12,15);1-2,4H;1-3H;1H,(H,3,4,5). The van der Waals surface area contributed by atoms with E-state index in [9.17, 15) is 90.5 Å². The third kappa shape index (κ3) is 26.0. The second-order valence-electron chi connectivity index (χ2n) is 20.6. The largest absolute Gasteiger partial charge is 0.491 e. The molecule has 0 saturated heterocycles. The fourth-order valence-corrected chi connectivity index (χ4v) is 7.77. The smallest absolute Gasteiger partial charge is 0.409 e. The Hall–Kier alpha value is -14.9. The average Bonchev–Trinajstić information content (AvgIpc) is 1.72. The van der Waals surface area contributed by atoms with Crippen molar-refractivity contribution in [3.05, 3.63) is 277 Å². The zero-order chi connectivity index (χ0) is 82.1. The molecule has 0 spiro atoms. The van der Waals surface area contributed by atoms with Crippen molar-refractivity contribution in [2.75, 3.05) is 5.73 Å². The summed E-state index contributed by atoms with van der Waals surface area (Å²) in [4.78, 5) is 66.3. The Kier molecular flexibility index (Phi) is 28.3. The van der Waals surface area contributed by atoms with E-state index in [1.165, 1.54) is 57.4 Å². The summed E-state index contributed by atoms with van der Waals surface area (Å²) in [6.07, 6.45) is -7.42. The Balaban J connectivity index is 0.000000188. The van der Waals surface area contributed by atoms with Crippen molar-refractivity contribution in [3.63, 3.8) is 0 Å². The molecule has 0 bridgehead atoms. The number of nitrogens with two attached hydrogens (primary N) is 2. The SMILES string of the molecule is Fc1ccc(C(F)(F)F)cn1.N#Cc1ccc(Br)cn1.N#Cc1ccc(Cc2ncn(-c3ccc(C(F)(F)F)cn3)n2)cn1.N/C(=N\O)c1ccc(Cc2ncn(-c3ccc(C(F)(F)F)cn3)n2)cn1.Nc1ncn(-c2ccc(C(F)(F)F)cn2)n1.O=[N+]([O-])c1ncn(-c2ccc(C(F)(F)F)cn2)n1.O=[N+]([O-])c1ncn[nH]1. The maximum Gasteiger partial charge on any atom is 0.491 e. The molecule has 6 N–H and O–H groups in total. The van der Waals surface area contributed by atoms with Crippen molar-refractivity contribution < 1.29 is 85.3 Å². The molecule has 0 aliphatic carbocycles. The van der Waals surface area contributed by atoms with Gasteiger partial charge in [-0.1, -0.05) is 32.4 Å². The third-order valence-electron chi connectivity index (χ3n) is 12.8. The van der Waals surface area contributed by atoms with Gasteiger partial charge < -0.3 is 36.9 Å². The number of rotatable bonds is 11. The van der Waals surface area contributed by atoms with Gasteiger partial charge in [-0.15, -0.1) is 25.1 Å². The van der Waals surface area contributed by atoms with Gasteiger partial charge >= 0.3 is 42.8 Å². The lowest BCUT2D eigenvalue weighted by Gasteiger charge is -2.06. The number of alkyl halides is 15. The topological polar surface area (TPSA) is 486 Å². The molecule has 0 aliphatic heterocycles. The molecule has 0 radical (unpaired) electrons. The summed E-state index contributed by atoms with van der Waals surface area (Å²) in [6, 6.07) is 23.5. The molecule has 0 amide bonds. The number of hydrogen-bond acceptors (Lipinski definition) is 27. The minimum Gasteiger partial charge on any atom is -0.409 e. The van der Waals surface area contributed by atoms with Gasteiger partial charge in [-0.25, -0.2) is 63.9 Å². The van der Waals surface area contributed by atoms with Gasteiger partial charge in [0.1, 0.15) is 48.2 Å². The second-order valence-corrected chi connectivity index (χ2v) is 21.5. The monoisotopic (exact) mass is 1640 g/mol. The van der Waals surface area contributed by atoms with Crippen LogP contribution in [0, 0.1) is 48.8 Å². The zero-order valence-electron chi connectivity index (χ0n) is 54.9. The highest BCUT2D eigenvalue weighted by molar-refractivity contribution is 9.10. The van der Waals surface area contributed by atoms with Gasteiger partial charge in [0.2, 0.25) is 24.6 Å². The first-order chi connectivity index (χ1) is 52.8. The van der Waals surface area contributed by atoms with Crippen LogP contribution in [0.1, 0.15) is 67.7 Å². The second kappa shape index (κ2) is 37.6. The lowest BCUT2D eigenvalue weighted by molar-refractivity contribution is -0.394. The van der Waals surface area contributed by atoms with Crippen molar-refractivity contribution in [2.45, 2.75) is 43.7 Å². The van der Waals surface area contributed by atoms with Crippen molar-refractivity contribution in [1.29, 1.82) is 10.5 Å². The fourth-order valence-electron chi connectivity index (χ4n) is 7.53. The first-order valence-corrected chi connectivity index (χ1v) is 30.3. The van der Waals surface area contributed by atoms with E-state index in [1.54, 1.807) is 48.8 Å². The van der Waals surface area contributed by atoms with Gasteiger partial charge in [0.25, 0.3) is 0 Å². The van der Waals surface area contributed by atoms with Crippen LogP contribution < -0.4 is 11.5 Å².